The van der Waals surface area contributed by atoms with Crippen LogP contribution in [0.3, 0.4) is 0 Å². The van der Waals surface area contributed by atoms with Crippen LogP contribution in [0.15, 0.2) is 12.1 Å². The van der Waals surface area contributed by atoms with Gasteiger partial charge in [0, 0.05) is 8.80 Å². The van der Waals surface area contributed by atoms with Gasteiger partial charge in [-0.3, -0.25) is 0 Å². The molecule has 2 aliphatic rings. The minimum absolute atomic E-state index is 0.0253. The van der Waals surface area contributed by atoms with Gasteiger partial charge in [0.2, 0.25) is 5.82 Å². The highest BCUT2D eigenvalue weighted by Gasteiger charge is 2.30. The molecule has 176 valence electrons. The van der Waals surface area contributed by atoms with Crippen LogP contribution in [0.5, 0.6) is 5.75 Å². The molecular formula is C27H44F2OSi. The van der Waals surface area contributed by atoms with Crippen LogP contribution in [-0.4, -0.2) is 15.4 Å². The molecule has 3 rings (SSSR count). The first-order chi connectivity index (χ1) is 15.1. The van der Waals surface area contributed by atoms with Gasteiger partial charge < -0.3 is 4.74 Å². The SMILES string of the molecule is CCCC[SiH]1CCC([C@H]2CC[C@H](CCCCc3ccc(OCC)c(F)c3F)CC2)CC1. The van der Waals surface area contributed by atoms with E-state index < -0.39 is 11.6 Å². The molecule has 1 saturated heterocycles. The fraction of sp³-hybridized carbons (Fsp3) is 0.778. The molecule has 0 unspecified atom stereocenters. The van der Waals surface area contributed by atoms with E-state index >= 15 is 0 Å². The van der Waals surface area contributed by atoms with E-state index in [1.165, 1.54) is 44.9 Å². The molecule has 1 aliphatic carbocycles. The van der Waals surface area contributed by atoms with Crippen LogP contribution in [-0.2, 0) is 6.42 Å². The molecule has 0 radical (unpaired) electrons. The molecule has 1 aromatic carbocycles. The van der Waals surface area contributed by atoms with Crippen molar-refractivity contribution in [2.45, 2.75) is 109 Å². The Kier molecular flexibility index (Phi) is 10.3. The van der Waals surface area contributed by atoms with Crippen molar-refractivity contribution in [3.05, 3.63) is 29.3 Å². The number of halogens is 2. The van der Waals surface area contributed by atoms with Crippen LogP contribution in [0.25, 0.3) is 0 Å². The summed E-state index contributed by atoms with van der Waals surface area (Å²) in [7, 11) is -0.365. The molecule has 0 spiro atoms. The van der Waals surface area contributed by atoms with E-state index in [0.717, 1.165) is 30.6 Å². The summed E-state index contributed by atoms with van der Waals surface area (Å²) in [6.45, 7) is 4.45. The first-order valence-electron chi connectivity index (χ1n) is 13.2. The molecule has 4 heteroatoms. The summed E-state index contributed by atoms with van der Waals surface area (Å²) in [6, 6.07) is 8.09. The van der Waals surface area contributed by atoms with Gasteiger partial charge in [0.1, 0.15) is 0 Å². The lowest BCUT2D eigenvalue weighted by Gasteiger charge is -2.37. The average molecular weight is 451 g/mol. The zero-order chi connectivity index (χ0) is 22.1. The van der Waals surface area contributed by atoms with E-state index in [0.29, 0.717) is 18.6 Å². The highest BCUT2D eigenvalue weighted by Crippen LogP contribution is 2.42. The summed E-state index contributed by atoms with van der Waals surface area (Å²) < 4.78 is 33.4. The molecule has 0 N–H and O–H groups in total. The van der Waals surface area contributed by atoms with E-state index in [2.05, 4.69) is 6.92 Å². The van der Waals surface area contributed by atoms with Gasteiger partial charge in [-0.05, 0) is 62.0 Å². The average Bonchev–Trinajstić information content (AvgIpc) is 2.80. The minimum Gasteiger partial charge on any atom is -0.491 e. The van der Waals surface area contributed by atoms with Crippen LogP contribution in [0.1, 0.15) is 90.0 Å². The second-order valence-corrected chi connectivity index (χ2v) is 13.7. The number of benzene rings is 1. The van der Waals surface area contributed by atoms with Gasteiger partial charge in [-0.15, -0.1) is 0 Å². The fourth-order valence-corrected chi connectivity index (χ4v) is 9.82. The minimum atomic E-state index is -0.834. The lowest BCUT2D eigenvalue weighted by Crippen LogP contribution is -2.28. The van der Waals surface area contributed by atoms with Crippen molar-refractivity contribution in [1.29, 1.82) is 0 Å². The van der Waals surface area contributed by atoms with Crippen molar-refractivity contribution >= 4 is 8.80 Å². The Morgan fingerprint density at radius 2 is 1.58 bits per heavy atom. The summed E-state index contributed by atoms with van der Waals surface area (Å²) in [5.74, 6) is 1.35. The molecule has 1 heterocycles. The zero-order valence-electron chi connectivity index (χ0n) is 19.9. The van der Waals surface area contributed by atoms with E-state index in [9.17, 15) is 8.78 Å². The normalized spacial score (nSPS) is 26.7. The van der Waals surface area contributed by atoms with Gasteiger partial charge >= 0.3 is 0 Å². The van der Waals surface area contributed by atoms with Crippen LogP contribution in [0.4, 0.5) is 8.78 Å². The standard InChI is InChI=1S/C27H44F2OSi/c1-3-5-18-31-19-16-23(17-20-31)22-12-10-21(11-13-22)8-6-7-9-24-14-15-25(30-4-2)27(29)26(24)28/h14-15,21-23,31H,3-13,16-20H2,1-2H3/t21-,22-,23?,31?. The Morgan fingerprint density at radius 1 is 0.871 bits per heavy atom. The summed E-state index contributed by atoms with van der Waals surface area (Å²) >= 11 is 0. The molecule has 2 fully saturated rings. The Bertz CT molecular complexity index is 649. The Hall–Kier alpha value is -0.903. The highest BCUT2D eigenvalue weighted by atomic mass is 28.3. The van der Waals surface area contributed by atoms with Crippen molar-refractivity contribution in [3.8, 4) is 5.75 Å². The molecule has 0 atom stereocenters. The maximum absolute atomic E-state index is 14.2. The first-order valence-corrected chi connectivity index (χ1v) is 15.7. The first kappa shape index (κ1) is 24.7. The Labute approximate surface area is 191 Å². The van der Waals surface area contributed by atoms with Gasteiger partial charge in [0.05, 0.1) is 6.61 Å². The van der Waals surface area contributed by atoms with Gasteiger partial charge in [-0.2, -0.15) is 4.39 Å². The van der Waals surface area contributed by atoms with Gasteiger partial charge in [0.25, 0.3) is 0 Å². The predicted molar refractivity (Wildman–Crippen MR) is 130 cm³/mol. The number of hydrogen-bond acceptors (Lipinski definition) is 1. The molecule has 31 heavy (non-hydrogen) atoms. The zero-order valence-corrected chi connectivity index (χ0v) is 21.1. The summed E-state index contributed by atoms with van der Waals surface area (Å²) in [6.07, 6.45) is 15.5. The molecular weight excluding hydrogens is 406 g/mol. The van der Waals surface area contributed by atoms with Crippen molar-refractivity contribution in [3.63, 3.8) is 0 Å². The topological polar surface area (TPSA) is 9.23 Å². The van der Waals surface area contributed by atoms with Gasteiger partial charge in [-0.1, -0.05) is 82.5 Å². The second kappa shape index (κ2) is 13.0. The lowest BCUT2D eigenvalue weighted by molar-refractivity contribution is 0.184. The summed E-state index contributed by atoms with van der Waals surface area (Å²) in [4.78, 5) is 0. The van der Waals surface area contributed by atoms with Gasteiger partial charge in [0.15, 0.2) is 11.6 Å². The molecule has 1 aromatic rings. The quantitative estimate of drug-likeness (QED) is 0.243. The summed E-state index contributed by atoms with van der Waals surface area (Å²) in [5, 5.41) is 0. The maximum atomic E-state index is 14.2. The number of hydrogen-bond donors (Lipinski definition) is 0. The Morgan fingerprint density at radius 3 is 2.26 bits per heavy atom. The third kappa shape index (κ3) is 7.30. The Balaban J connectivity index is 1.31. The van der Waals surface area contributed by atoms with Crippen molar-refractivity contribution < 1.29 is 13.5 Å². The largest absolute Gasteiger partial charge is 0.491 e. The van der Waals surface area contributed by atoms with E-state index in [-0.39, 0.29) is 14.5 Å². The van der Waals surface area contributed by atoms with E-state index in [4.69, 9.17) is 4.74 Å². The molecule has 0 bridgehead atoms. The third-order valence-corrected chi connectivity index (χ3v) is 11.7. The predicted octanol–water partition coefficient (Wildman–Crippen LogP) is 8.32. The van der Waals surface area contributed by atoms with Gasteiger partial charge in [-0.25, -0.2) is 4.39 Å². The van der Waals surface area contributed by atoms with Crippen molar-refractivity contribution in [2.24, 2.45) is 17.8 Å². The monoisotopic (exact) mass is 450 g/mol. The fourth-order valence-electron chi connectivity index (χ4n) is 6.17. The van der Waals surface area contributed by atoms with E-state index in [1.54, 1.807) is 50.0 Å². The summed E-state index contributed by atoms with van der Waals surface area (Å²) in [5.41, 5.74) is 0.489. The number of rotatable bonds is 11. The highest BCUT2D eigenvalue weighted by molar-refractivity contribution is 6.58. The number of aryl methyl sites for hydroxylation is 1. The van der Waals surface area contributed by atoms with Crippen molar-refractivity contribution in [2.75, 3.05) is 6.61 Å². The van der Waals surface area contributed by atoms with Crippen molar-refractivity contribution in [1.82, 2.24) is 0 Å². The molecule has 0 aromatic heterocycles. The van der Waals surface area contributed by atoms with Crippen LogP contribution < -0.4 is 4.74 Å². The molecule has 1 saturated carbocycles. The van der Waals surface area contributed by atoms with Crippen LogP contribution in [0.2, 0.25) is 18.1 Å². The molecule has 1 aliphatic heterocycles. The van der Waals surface area contributed by atoms with Crippen LogP contribution >= 0.6 is 0 Å². The number of unbranched alkanes of at least 4 members (excludes halogenated alkanes) is 2. The number of ether oxygens (including phenoxy) is 1. The molecule has 1 nitrogen and oxygen atoms in total. The smallest absolute Gasteiger partial charge is 0.200 e. The maximum Gasteiger partial charge on any atom is 0.200 e. The van der Waals surface area contributed by atoms with E-state index in [1.807, 2.05) is 0 Å². The third-order valence-electron chi connectivity index (χ3n) is 8.15. The lowest BCUT2D eigenvalue weighted by atomic mass is 9.73. The second-order valence-electron chi connectivity index (χ2n) is 10.2. The molecule has 0 amide bonds. The van der Waals surface area contributed by atoms with Crippen LogP contribution in [0, 0.1) is 29.4 Å².